The van der Waals surface area contributed by atoms with E-state index in [1.807, 2.05) is 26.0 Å². The number of anilines is 1. The van der Waals surface area contributed by atoms with Crippen molar-refractivity contribution in [1.29, 1.82) is 0 Å². The third-order valence-electron chi connectivity index (χ3n) is 5.45. The van der Waals surface area contributed by atoms with Gasteiger partial charge in [0.05, 0.1) is 11.8 Å². The first kappa shape index (κ1) is 25.9. The first-order valence-electron chi connectivity index (χ1n) is 11.3. The van der Waals surface area contributed by atoms with E-state index in [1.54, 1.807) is 6.07 Å². The van der Waals surface area contributed by atoms with Crippen molar-refractivity contribution < 1.29 is 28.9 Å². The van der Waals surface area contributed by atoms with E-state index in [2.05, 4.69) is 31.4 Å². The van der Waals surface area contributed by atoms with Gasteiger partial charge in [0.25, 0.3) is 0 Å². The summed E-state index contributed by atoms with van der Waals surface area (Å²) < 4.78 is 17.1. The van der Waals surface area contributed by atoms with Crippen LogP contribution < -0.4 is 15.4 Å². The maximum Gasteiger partial charge on any atom is 0.302 e. The molecular weight excluding hydrogens is 412 g/mol. The van der Waals surface area contributed by atoms with Gasteiger partial charge in [-0.25, -0.2) is 0 Å². The number of nitrogens with one attached hydrogen (secondary N) is 2. The molecule has 0 bridgehead atoms. The van der Waals surface area contributed by atoms with Crippen LogP contribution in [0.3, 0.4) is 0 Å². The third-order valence-corrected chi connectivity index (χ3v) is 5.45. The van der Waals surface area contributed by atoms with Gasteiger partial charge in [-0.05, 0) is 43.4 Å². The molecule has 1 aromatic carbocycles. The molecule has 0 aliphatic carbocycles. The number of carbonyl (C=O) groups is 2. The number of aliphatic hydroxyl groups excluding tert-OH is 1. The quantitative estimate of drug-likeness (QED) is 0.469. The fraction of sp³-hybridized carbons (Fsp3) is 0.667. The Labute approximate surface area is 191 Å². The maximum atomic E-state index is 12.7. The molecule has 3 unspecified atom stereocenters. The number of aliphatic hydroxyl groups is 1. The highest BCUT2D eigenvalue weighted by atomic mass is 16.7. The monoisotopic (exact) mass is 450 g/mol. The summed E-state index contributed by atoms with van der Waals surface area (Å²) in [4.78, 5) is 23.8. The van der Waals surface area contributed by atoms with Crippen molar-refractivity contribution in [2.45, 2.75) is 92.0 Å². The van der Waals surface area contributed by atoms with Crippen LogP contribution >= 0.6 is 0 Å². The third kappa shape index (κ3) is 8.31. The molecule has 2 rings (SSSR count). The lowest BCUT2D eigenvalue weighted by molar-refractivity contribution is -0.184. The smallest absolute Gasteiger partial charge is 0.302 e. The average Bonchev–Trinajstić information content (AvgIpc) is 2.71. The largest absolute Gasteiger partial charge is 0.463 e. The molecule has 0 spiro atoms. The van der Waals surface area contributed by atoms with Crippen LogP contribution in [-0.2, 0) is 25.7 Å². The fourth-order valence-electron chi connectivity index (χ4n) is 3.18. The van der Waals surface area contributed by atoms with E-state index >= 15 is 0 Å². The highest BCUT2D eigenvalue weighted by Gasteiger charge is 2.35. The number of hydrogen-bond donors (Lipinski definition) is 3. The van der Waals surface area contributed by atoms with Crippen LogP contribution in [0, 0.1) is 5.41 Å². The number of ether oxygens (including phenoxy) is 3. The summed E-state index contributed by atoms with van der Waals surface area (Å²) >= 11 is 0. The van der Waals surface area contributed by atoms with Crippen LogP contribution in [-0.4, -0.2) is 48.1 Å². The van der Waals surface area contributed by atoms with Crippen molar-refractivity contribution in [2.75, 3.05) is 11.9 Å². The van der Waals surface area contributed by atoms with E-state index in [0.29, 0.717) is 12.3 Å². The number of benzene rings is 1. The summed E-state index contributed by atoms with van der Waals surface area (Å²) in [6.45, 7) is 12.3. The molecule has 1 fully saturated rings. The highest BCUT2D eigenvalue weighted by molar-refractivity contribution is 5.81. The van der Waals surface area contributed by atoms with E-state index in [1.165, 1.54) is 6.92 Å². The molecule has 8 heteroatoms. The summed E-state index contributed by atoms with van der Waals surface area (Å²) in [5.74, 6) is -0.104. The second kappa shape index (κ2) is 11.5. The number of rotatable bonds is 10. The molecule has 180 valence electrons. The molecule has 1 heterocycles. The molecule has 1 saturated heterocycles. The van der Waals surface area contributed by atoms with Crippen molar-refractivity contribution in [3.63, 3.8) is 0 Å². The van der Waals surface area contributed by atoms with Gasteiger partial charge in [-0.2, -0.15) is 0 Å². The Balaban J connectivity index is 2.12. The average molecular weight is 451 g/mol. The van der Waals surface area contributed by atoms with Crippen molar-refractivity contribution >= 4 is 17.6 Å². The lowest BCUT2D eigenvalue weighted by Gasteiger charge is -2.33. The van der Waals surface area contributed by atoms with E-state index in [4.69, 9.17) is 14.2 Å². The van der Waals surface area contributed by atoms with Crippen LogP contribution in [0.15, 0.2) is 18.2 Å². The van der Waals surface area contributed by atoms with Gasteiger partial charge in [-0.15, -0.1) is 0 Å². The lowest BCUT2D eigenvalue weighted by atomic mass is 9.90. The van der Waals surface area contributed by atoms with E-state index in [-0.39, 0.29) is 42.8 Å². The zero-order valence-electron chi connectivity index (χ0n) is 20.1. The molecule has 3 N–H and O–H groups in total. The van der Waals surface area contributed by atoms with Crippen LogP contribution in [0.1, 0.15) is 66.4 Å². The van der Waals surface area contributed by atoms with Gasteiger partial charge in [0.2, 0.25) is 12.2 Å². The van der Waals surface area contributed by atoms with Crippen LogP contribution in [0.4, 0.5) is 5.69 Å². The second-order valence-electron chi connectivity index (χ2n) is 9.44. The first-order valence-corrected chi connectivity index (χ1v) is 11.3. The van der Waals surface area contributed by atoms with Gasteiger partial charge >= 0.3 is 5.97 Å². The molecule has 1 aliphatic rings. The topological polar surface area (TPSA) is 106 Å². The summed E-state index contributed by atoms with van der Waals surface area (Å²) in [7, 11) is 0. The predicted octanol–water partition coefficient (Wildman–Crippen LogP) is 3.37. The summed E-state index contributed by atoms with van der Waals surface area (Å²) in [6, 6.07) is 5.64. The molecular formula is C24H38N2O6. The summed E-state index contributed by atoms with van der Waals surface area (Å²) in [5.41, 5.74) is 1.50. The Kier molecular flexibility index (Phi) is 9.33. The lowest BCUT2D eigenvalue weighted by Crippen LogP contribution is -2.48. The van der Waals surface area contributed by atoms with Gasteiger partial charge in [0.1, 0.15) is 18.5 Å². The molecule has 32 heavy (non-hydrogen) atoms. The minimum Gasteiger partial charge on any atom is -0.463 e. The van der Waals surface area contributed by atoms with Gasteiger partial charge in [-0.1, -0.05) is 26.8 Å². The molecule has 0 saturated carbocycles. The first-order chi connectivity index (χ1) is 15.0. The Morgan fingerprint density at radius 2 is 2.00 bits per heavy atom. The number of amides is 1. The van der Waals surface area contributed by atoms with Crippen molar-refractivity contribution in [3.8, 4) is 5.75 Å². The number of esters is 1. The molecule has 3 atom stereocenters. The summed E-state index contributed by atoms with van der Waals surface area (Å²) in [5, 5.41) is 16.6. The van der Waals surface area contributed by atoms with E-state index in [9.17, 15) is 14.7 Å². The van der Waals surface area contributed by atoms with Crippen LogP contribution in [0.25, 0.3) is 0 Å². The Morgan fingerprint density at radius 3 is 2.62 bits per heavy atom. The van der Waals surface area contributed by atoms with Crippen molar-refractivity contribution in [3.05, 3.63) is 23.8 Å². The van der Waals surface area contributed by atoms with E-state index in [0.717, 1.165) is 17.7 Å². The minimum absolute atomic E-state index is 0.0152. The van der Waals surface area contributed by atoms with Gasteiger partial charge in [-0.3, -0.25) is 9.59 Å². The van der Waals surface area contributed by atoms with Gasteiger partial charge in [0.15, 0.2) is 0 Å². The highest BCUT2D eigenvalue weighted by Crippen LogP contribution is 2.31. The van der Waals surface area contributed by atoms with Gasteiger partial charge < -0.3 is 30.0 Å². The summed E-state index contributed by atoms with van der Waals surface area (Å²) in [6.07, 6.45) is -0.883. The zero-order valence-corrected chi connectivity index (χ0v) is 20.1. The molecule has 0 aromatic heterocycles. The minimum atomic E-state index is -0.790. The Bertz CT molecular complexity index is 780. The standard InChI is InChI=1S/C24H38N2O6/c1-7-24(5,6)14-25-23(29)21-11-18(28)12-22(32-21)31-20-10-17(13-30-16(4)27)8-9-19(20)26-15(2)3/h8-10,15,18,21-22,26,28H,7,11-14H2,1-6H3,(H,25,29). The molecule has 0 radical (unpaired) electrons. The number of hydrogen-bond acceptors (Lipinski definition) is 7. The van der Waals surface area contributed by atoms with Crippen LogP contribution in [0.5, 0.6) is 5.75 Å². The molecule has 8 nitrogen and oxygen atoms in total. The van der Waals surface area contributed by atoms with Crippen molar-refractivity contribution in [1.82, 2.24) is 5.32 Å². The maximum absolute atomic E-state index is 12.7. The van der Waals surface area contributed by atoms with E-state index < -0.39 is 18.5 Å². The fourth-order valence-corrected chi connectivity index (χ4v) is 3.18. The normalized spacial score (nSPS) is 21.2. The predicted molar refractivity (Wildman–Crippen MR) is 122 cm³/mol. The SMILES string of the molecule is CCC(C)(C)CNC(=O)C1CC(O)CC(Oc2cc(COC(C)=O)ccc2NC(C)C)O1. The molecule has 1 amide bonds. The molecule has 1 aromatic rings. The Hall–Kier alpha value is -2.32. The molecule has 1 aliphatic heterocycles. The van der Waals surface area contributed by atoms with Crippen LogP contribution in [0.2, 0.25) is 0 Å². The number of carbonyl (C=O) groups excluding carboxylic acids is 2. The zero-order chi connectivity index (χ0) is 23.9. The second-order valence-corrected chi connectivity index (χ2v) is 9.44. The Morgan fingerprint density at radius 1 is 1.28 bits per heavy atom. The van der Waals surface area contributed by atoms with Crippen molar-refractivity contribution in [2.24, 2.45) is 5.41 Å². The van der Waals surface area contributed by atoms with Gasteiger partial charge in [0, 0.05) is 32.4 Å².